The standard InChI is InChI=1S/C11H9ClN4/c1-2-5-14-10-8-16(15-11(10)12)9-4-3-6-13-7-9/h1,3-4,6-8,14H,5H2. The molecule has 0 aromatic carbocycles. The van der Waals surface area contributed by atoms with Crippen molar-refractivity contribution in [2.24, 2.45) is 0 Å². The largest absolute Gasteiger partial charge is 0.370 e. The lowest BCUT2D eigenvalue weighted by Crippen LogP contribution is -1.97. The zero-order valence-corrected chi connectivity index (χ0v) is 9.15. The Kier molecular flexibility index (Phi) is 3.08. The Bertz CT molecular complexity index is 513. The Morgan fingerprint density at radius 1 is 1.56 bits per heavy atom. The van der Waals surface area contributed by atoms with Gasteiger partial charge in [0.2, 0.25) is 0 Å². The van der Waals surface area contributed by atoms with E-state index in [2.05, 4.69) is 21.3 Å². The molecule has 0 spiro atoms. The van der Waals surface area contributed by atoms with Crippen molar-refractivity contribution in [2.45, 2.75) is 0 Å². The van der Waals surface area contributed by atoms with Gasteiger partial charge in [0.15, 0.2) is 5.15 Å². The summed E-state index contributed by atoms with van der Waals surface area (Å²) in [4.78, 5) is 4.01. The molecule has 80 valence electrons. The highest BCUT2D eigenvalue weighted by atomic mass is 35.5. The van der Waals surface area contributed by atoms with Crippen molar-refractivity contribution in [1.29, 1.82) is 0 Å². The number of nitrogens with one attached hydrogen (secondary N) is 1. The quantitative estimate of drug-likeness (QED) is 0.823. The minimum atomic E-state index is 0.388. The molecule has 0 aliphatic heterocycles. The normalized spacial score (nSPS) is 9.75. The van der Waals surface area contributed by atoms with Crippen molar-refractivity contribution < 1.29 is 0 Å². The summed E-state index contributed by atoms with van der Waals surface area (Å²) in [5.74, 6) is 2.47. The van der Waals surface area contributed by atoms with Crippen LogP contribution in [-0.2, 0) is 0 Å². The number of anilines is 1. The van der Waals surface area contributed by atoms with Gasteiger partial charge in [-0.25, -0.2) is 4.68 Å². The molecule has 2 aromatic heterocycles. The molecule has 0 saturated heterocycles. The molecule has 0 aliphatic carbocycles. The summed E-state index contributed by atoms with van der Waals surface area (Å²) in [5, 5.41) is 7.51. The zero-order valence-electron chi connectivity index (χ0n) is 8.39. The third kappa shape index (κ3) is 2.15. The lowest BCUT2D eigenvalue weighted by Gasteiger charge is -1.98. The number of pyridine rings is 1. The molecule has 2 aromatic rings. The fraction of sp³-hybridized carbons (Fsp3) is 0.0909. The lowest BCUT2D eigenvalue weighted by atomic mass is 10.4. The van der Waals surface area contributed by atoms with Gasteiger partial charge in [0.1, 0.15) is 0 Å². The first kappa shape index (κ1) is 10.5. The van der Waals surface area contributed by atoms with Crippen molar-refractivity contribution in [1.82, 2.24) is 14.8 Å². The molecule has 4 nitrogen and oxygen atoms in total. The number of hydrogen-bond acceptors (Lipinski definition) is 3. The number of nitrogens with zero attached hydrogens (tertiary/aromatic N) is 3. The molecule has 0 radical (unpaired) electrons. The topological polar surface area (TPSA) is 42.7 Å². The molecule has 5 heteroatoms. The van der Waals surface area contributed by atoms with Crippen molar-refractivity contribution in [3.05, 3.63) is 35.9 Å². The number of halogens is 1. The first-order chi connectivity index (χ1) is 7.81. The van der Waals surface area contributed by atoms with E-state index in [1.54, 1.807) is 23.3 Å². The summed E-state index contributed by atoms with van der Waals surface area (Å²) in [6.45, 7) is 0.415. The van der Waals surface area contributed by atoms with Gasteiger partial charge in [0.25, 0.3) is 0 Å². The predicted octanol–water partition coefficient (Wildman–Crippen LogP) is 1.97. The first-order valence-electron chi connectivity index (χ1n) is 4.64. The maximum absolute atomic E-state index is 5.95. The minimum absolute atomic E-state index is 0.388. The predicted molar refractivity (Wildman–Crippen MR) is 63.7 cm³/mol. The number of terminal acetylenes is 1. The molecule has 0 saturated carbocycles. The molecule has 2 heterocycles. The van der Waals surface area contributed by atoms with Crippen LogP contribution < -0.4 is 5.32 Å². The van der Waals surface area contributed by atoms with Crippen molar-refractivity contribution >= 4 is 17.3 Å². The monoisotopic (exact) mass is 232 g/mol. The number of hydrogen-bond donors (Lipinski definition) is 1. The van der Waals surface area contributed by atoms with E-state index in [0.29, 0.717) is 17.4 Å². The Morgan fingerprint density at radius 2 is 2.44 bits per heavy atom. The molecule has 1 N–H and O–H groups in total. The molecule has 0 unspecified atom stereocenters. The molecule has 0 fully saturated rings. The van der Waals surface area contributed by atoms with E-state index in [1.165, 1.54) is 0 Å². The van der Waals surface area contributed by atoms with E-state index in [9.17, 15) is 0 Å². The van der Waals surface area contributed by atoms with E-state index < -0.39 is 0 Å². The van der Waals surface area contributed by atoms with Crippen LogP contribution in [0.25, 0.3) is 5.69 Å². The second kappa shape index (κ2) is 4.69. The van der Waals surface area contributed by atoms with Crippen molar-refractivity contribution in [3.8, 4) is 18.0 Å². The highest BCUT2D eigenvalue weighted by molar-refractivity contribution is 6.32. The minimum Gasteiger partial charge on any atom is -0.370 e. The third-order valence-electron chi connectivity index (χ3n) is 1.96. The summed E-state index contributed by atoms with van der Waals surface area (Å²) in [6, 6.07) is 3.72. The lowest BCUT2D eigenvalue weighted by molar-refractivity contribution is 0.874. The van der Waals surface area contributed by atoms with Gasteiger partial charge in [-0.3, -0.25) is 4.98 Å². The molecule has 2 rings (SSSR count). The molecule has 0 atom stereocenters. The van der Waals surface area contributed by atoms with Crippen LogP contribution in [0.5, 0.6) is 0 Å². The highest BCUT2D eigenvalue weighted by Crippen LogP contribution is 2.20. The second-order valence-corrected chi connectivity index (χ2v) is 3.41. The zero-order chi connectivity index (χ0) is 11.4. The molecule has 0 bridgehead atoms. The van der Waals surface area contributed by atoms with Crippen LogP contribution in [0.3, 0.4) is 0 Å². The van der Waals surface area contributed by atoms with Gasteiger partial charge >= 0.3 is 0 Å². The van der Waals surface area contributed by atoms with Crippen LogP contribution in [-0.4, -0.2) is 21.3 Å². The van der Waals surface area contributed by atoms with Gasteiger partial charge in [0, 0.05) is 6.20 Å². The maximum Gasteiger partial charge on any atom is 0.174 e. The van der Waals surface area contributed by atoms with E-state index in [4.69, 9.17) is 18.0 Å². The Morgan fingerprint density at radius 3 is 3.12 bits per heavy atom. The summed E-state index contributed by atoms with van der Waals surface area (Å²) >= 11 is 5.95. The highest BCUT2D eigenvalue weighted by Gasteiger charge is 2.06. The third-order valence-corrected chi connectivity index (χ3v) is 2.24. The molecular formula is C11H9ClN4. The van der Waals surface area contributed by atoms with E-state index in [-0.39, 0.29) is 0 Å². The van der Waals surface area contributed by atoms with Crippen LogP contribution >= 0.6 is 11.6 Å². The second-order valence-electron chi connectivity index (χ2n) is 3.05. The van der Waals surface area contributed by atoms with Crippen molar-refractivity contribution in [3.63, 3.8) is 0 Å². The van der Waals surface area contributed by atoms with Gasteiger partial charge in [-0.05, 0) is 12.1 Å². The summed E-state index contributed by atoms with van der Waals surface area (Å²) in [5.41, 5.74) is 1.56. The Labute approximate surface area is 98.3 Å². The average Bonchev–Trinajstić information content (AvgIpc) is 2.69. The van der Waals surface area contributed by atoms with Crippen LogP contribution in [0.15, 0.2) is 30.7 Å². The molecule has 16 heavy (non-hydrogen) atoms. The van der Waals surface area contributed by atoms with Gasteiger partial charge in [-0.2, -0.15) is 5.10 Å². The molecule has 0 amide bonds. The van der Waals surface area contributed by atoms with Crippen molar-refractivity contribution in [2.75, 3.05) is 11.9 Å². The van der Waals surface area contributed by atoms with Crippen LogP contribution in [0.1, 0.15) is 0 Å². The number of rotatable bonds is 3. The molecular weight excluding hydrogens is 224 g/mol. The van der Waals surface area contributed by atoms with E-state index in [1.807, 2.05) is 12.1 Å². The summed E-state index contributed by atoms with van der Waals surface area (Å²) < 4.78 is 1.65. The van der Waals surface area contributed by atoms with E-state index >= 15 is 0 Å². The Hall–Kier alpha value is -1.99. The fourth-order valence-electron chi connectivity index (χ4n) is 1.24. The summed E-state index contributed by atoms with van der Waals surface area (Å²) in [6.07, 6.45) is 10.3. The average molecular weight is 233 g/mol. The van der Waals surface area contributed by atoms with Gasteiger partial charge < -0.3 is 5.32 Å². The van der Waals surface area contributed by atoms with E-state index in [0.717, 1.165) is 5.69 Å². The van der Waals surface area contributed by atoms with Crippen LogP contribution in [0.2, 0.25) is 5.15 Å². The first-order valence-corrected chi connectivity index (χ1v) is 5.02. The summed E-state index contributed by atoms with van der Waals surface area (Å²) in [7, 11) is 0. The van der Waals surface area contributed by atoms with Crippen LogP contribution in [0.4, 0.5) is 5.69 Å². The van der Waals surface area contributed by atoms with Gasteiger partial charge in [0.05, 0.1) is 30.3 Å². The maximum atomic E-state index is 5.95. The number of aromatic nitrogens is 3. The van der Waals surface area contributed by atoms with Gasteiger partial charge in [-0.1, -0.05) is 17.5 Å². The molecule has 0 aliphatic rings. The SMILES string of the molecule is C#CCNc1cn(-c2cccnc2)nc1Cl. The fourth-order valence-corrected chi connectivity index (χ4v) is 1.44. The van der Waals surface area contributed by atoms with Crippen LogP contribution in [0, 0.1) is 12.3 Å². The van der Waals surface area contributed by atoms with Gasteiger partial charge in [-0.15, -0.1) is 6.42 Å². The Balaban J connectivity index is 2.28. The smallest absolute Gasteiger partial charge is 0.174 e.